The maximum absolute atomic E-state index is 13.8. The second-order valence-corrected chi connectivity index (χ2v) is 7.81. The molecule has 0 spiro atoms. The molecule has 26 heavy (non-hydrogen) atoms. The smallest absolute Gasteiger partial charge is 0.412 e. The molecule has 2 aliphatic carbocycles. The highest BCUT2D eigenvalue weighted by atomic mass is 19.1. The Balaban J connectivity index is 1.59. The Morgan fingerprint density at radius 2 is 2.04 bits per heavy atom. The molecule has 140 valence electrons. The average Bonchev–Trinajstić information content (AvgIpc) is 3.28. The van der Waals surface area contributed by atoms with Gasteiger partial charge in [-0.3, -0.25) is 9.69 Å². The van der Waals surface area contributed by atoms with E-state index in [9.17, 15) is 19.1 Å². The zero-order valence-corrected chi connectivity index (χ0v) is 14.4. The highest BCUT2D eigenvalue weighted by Gasteiger charge is 2.52. The lowest BCUT2D eigenvalue weighted by molar-refractivity contribution is -0.137. The molecule has 3 unspecified atom stereocenters. The summed E-state index contributed by atoms with van der Waals surface area (Å²) in [6.45, 7) is 0. The number of halogens is 1. The summed E-state index contributed by atoms with van der Waals surface area (Å²) in [4.78, 5) is 23.9. The first-order valence-electron chi connectivity index (χ1n) is 9.21. The van der Waals surface area contributed by atoms with Gasteiger partial charge in [-0.15, -0.1) is 0 Å². The van der Waals surface area contributed by atoms with Crippen LogP contribution in [0.4, 0.5) is 14.9 Å². The number of benzene rings is 1. The van der Waals surface area contributed by atoms with Crippen molar-refractivity contribution in [2.24, 2.45) is 5.92 Å². The summed E-state index contributed by atoms with van der Waals surface area (Å²) < 4.78 is 13.8. The highest BCUT2D eigenvalue weighted by Crippen LogP contribution is 2.53. The van der Waals surface area contributed by atoms with Gasteiger partial charge in [0.15, 0.2) is 0 Å². The number of carboxylic acid groups (broad SMARTS) is 2. The number of carboxylic acids is 1. The third-order valence-corrected chi connectivity index (χ3v) is 6.20. The summed E-state index contributed by atoms with van der Waals surface area (Å²) >= 11 is 0. The van der Waals surface area contributed by atoms with Crippen molar-refractivity contribution >= 4 is 17.7 Å². The fourth-order valence-electron chi connectivity index (χ4n) is 4.57. The van der Waals surface area contributed by atoms with Crippen molar-refractivity contribution in [3.63, 3.8) is 0 Å². The first kappa shape index (κ1) is 17.3. The van der Waals surface area contributed by atoms with E-state index in [1.165, 1.54) is 17.0 Å². The van der Waals surface area contributed by atoms with E-state index in [1.54, 1.807) is 6.07 Å². The van der Waals surface area contributed by atoms with E-state index in [0.717, 1.165) is 37.7 Å². The van der Waals surface area contributed by atoms with Crippen molar-refractivity contribution in [3.8, 4) is 0 Å². The molecule has 0 aromatic heterocycles. The van der Waals surface area contributed by atoms with Crippen LogP contribution in [0.2, 0.25) is 0 Å². The molecule has 7 heteroatoms. The Morgan fingerprint density at radius 1 is 1.27 bits per heavy atom. The number of nitrogens with zero attached hydrogens (tertiary/aromatic N) is 1. The Hall–Kier alpha value is -2.15. The fourth-order valence-corrected chi connectivity index (χ4v) is 4.57. The lowest BCUT2D eigenvalue weighted by Gasteiger charge is -2.52. The minimum Gasteiger partial charge on any atom is -0.481 e. The molecule has 3 N–H and O–H groups in total. The second-order valence-electron chi connectivity index (χ2n) is 7.81. The fraction of sp³-hybridized carbons (Fsp3) is 0.579. The molecular weight excluding hydrogens is 339 g/mol. The quantitative estimate of drug-likeness (QED) is 0.720. The Kier molecular flexibility index (Phi) is 4.14. The number of nitrogens with one attached hydrogen (secondary N) is 1. The highest BCUT2D eigenvalue weighted by molar-refractivity contribution is 5.89. The molecule has 2 saturated carbocycles. The molecule has 1 heterocycles. The largest absolute Gasteiger partial charge is 0.481 e. The van der Waals surface area contributed by atoms with E-state index in [4.69, 9.17) is 5.11 Å². The normalized spacial score (nSPS) is 27.9. The summed E-state index contributed by atoms with van der Waals surface area (Å²) in [6.07, 6.45) is 4.28. The molecule has 0 radical (unpaired) electrons. The topological polar surface area (TPSA) is 89.9 Å². The van der Waals surface area contributed by atoms with Crippen LogP contribution in [-0.4, -0.2) is 33.9 Å². The van der Waals surface area contributed by atoms with Crippen LogP contribution >= 0.6 is 0 Å². The lowest BCUT2D eigenvalue weighted by atomic mass is 9.68. The molecule has 4 rings (SSSR count). The lowest BCUT2D eigenvalue weighted by Crippen LogP contribution is -2.58. The standard InChI is InChI=1S/C19H23FN2O4/c20-11-3-4-13-15(10-11)22(18(25)26)14-6-5-12(14)17(13)21-19(8-9-19)7-1-2-16(23)24/h3-4,10,12,14,17,21H,1-2,5-9H2,(H,23,24)(H,25,26). The third kappa shape index (κ3) is 2.94. The first-order chi connectivity index (χ1) is 12.4. The molecule has 1 aromatic rings. The maximum Gasteiger partial charge on any atom is 0.412 e. The van der Waals surface area contributed by atoms with Crippen molar-refractivity contribution in [1.82, 2.24) is 5.32 Å². The zero-order valence-electron chi connectivity index (χ0n) is 14.4. The molecule has 2 fully saturated rings. The monoisotopic (exact) mass is 362 g/mol. The second kappa shape index (κ2) is 6.23. The predicted octanol–water partition coefficient (Wildman–Crippen LogP) is 3.52. The van der Waals surface area contributed by atoms with E-state index >= 15 is 0 Å². The van der Waals surface area contributed by atoms with Gasteiger partial charge in [-0.05, 0) is 62.1 Å². The summed E-state index contributed by atoms with van der Waals surface area (Å²) in [5, 5.41) is 22.2. The Morgan fingerprint density at radius 3 is 2.62 bits per heavy atom. The van der Waals surface area contributed by atoms with E-state index in [1.807, 2.05) is 0 Å². The van der Waals surface area contributed by atoms with Crippen molar-refractivity contribution in [2.75, 3.05) is 4.90 Å². The van der Waals surface area contributed by atoms with Crippen molar-refractivity contribution in [3.05, 3.63) is 29.6 Å². The number of aliphatic carboxylic acids is 1. The summed E-state index contributed by atoms with van der Waals surface area (Å²) in [7, 11) is 0. The van der Waals surface area contributed by atoms with Crippen LogP contribution in [0.5, 0.6) is 0 Å². The molecule has 1 aliphatic heterocycles. The number of carbonyl (C=O) groups is 2. The number of anilines is 1. The van der Waals surface area contributed by atoms with Crippen LogP contribution in [0, 0.1) is 11.7 Å². The summed E-state index contributed by atoms with van der Waals surface area (Å²) in [6, 6.07) is 4.27. The Labute approximate surface area is 151 Å². The molecule has 0 bridgehead atoms. The average molecular weight is 362 g/mol. The molecule has 0 saturated heterocycles. The molecule has 6 nitrogen and oxygen atoms in total. The number of amides is 1. The van der Waals surface area contributed by atoms with E-state index in [0.29, 0.717) is 12.1 Å². The van der Waals surface area contributed by atoms with Gasteiger partial charge in [-0.2, -0.15) is 0 Å². The van der Waals surface area contributed by atoms with Gasteiger partial charge in [0.2, 0.25) is 0 Å². The predicted molar refractivity (Wildman–Crippen MR) is 92.7 cm³/mol. The summed E-state index contributed by atoms with van der Waals surface area (Å²) in [5.41, 5.74) is 1.22. The minimum atomic E-state index is -1.03. The number of rotatable bonds is 6. The minimum absolute atomic E-state index is 0.00715. The van der Waals surface area contributed by atoms with Crippen LogP contribution in [-0.2, 0) is 4.79 Å². The maximum atomic E-state index is 13.8. The molecule has 3 aliphatic rings. The van der Waals surface area contributed by atoms with Crippen LogP contribution in [0.1, 0.15) is 56.6 Å². The van der Waals surface area contributed by atoms with Crippen molar-refractivity contribution in [1.29, 1.82) is 0 Å². The van der Waals surface area contributed by atoms with Crippen LogP contribution in [0.15, 0.2) is 18.2 Å². The van der Waals surface area contributed by atoms with Crippen LogP contribution in [0.25, 0.3) is 0 Å². The summed E-state index contributed by atoms with van der Waals surface area (Å²) in [5.74, 6) is -1.04. The first-order valence-corrected chi connectivity index (χ1v) is 9.21. The van der Waals surface area contributed by atoms with Gasteiger partial charge >= 0.3 is 12.1 Å². The van der Waals surface area contributed by atoms with Gasteiger partial charge in [0, 0.05) is 24.0 Å². The van der Waals surface area contributed by atoms with Gasteiger partial charge in [-0.25, -0.2) is 9.18 Å². The Bertz CT molecular complexity index is 749. The molecule has 3 atom stereocenters. The van der Waals surface area contributed by atoms with Crippen LogP contribution in [0.3, 0.4) is 0 Å². The van der Waals surface area contributed by atoms with Gasteiger partial charge in [0.05, 0.1) is 5.69 Å². The van der Waals surface area contributed by atoms with Crippen molar-refractivity contribution in [2.45, 2.75) is 62.6 Å². The van der Waals surface area contributed by atoms with E-state index < -0.39 is 17.9 Å². The SMILES string of the molecule is O=C(O)CCCC1(NC2c3ccc(F)cc3N(C(=O)O)C3CCC23)CC1. The van der Waals surface area contributed by atoms with Crippen LogP contribution < -0.4 is 10.2 Å². The molecule has 1 aromatic carbocycles. The van der Waals surface area contributed by atoms with Gasteiger partial charge in [-0.1, -0.05) is 6.07 Å². The zero-order chi connectivity index (χ0) is 18.5. The number of fused-ring (bicyclic) bond motifs is 2. The molecular formula is C19H23FN2O4. The molecule has 1 amide bonds. The van der Waals surface area contributed by atoms with Crippen molar-refractivity contribution < 1.29 is 24.2 Å². The number of hydrogen-bond donors (Lipinski definition) is 3. The van der Waals surface area contributed by atoms with Gasteiger partial charge in [0.25, 0.3) is 0 Å². The van der Waals surface area contributed by atoms with E-state index in [-0.39, 0.29) is 30.0 Å². The van der Waals surface area contributed by atoms with Gasteiger partial charge in [0.1, 0.15) is 5.82 Å². The number of hydrogen-bond acceptors (Lipinski definition) is 3. The third-order valence-electron chi connectivity index (χ3n) is 6.20. The van der Waals surface area contributed by atoms with E-state index in [2.05, 4.69) is 5.32 Å². The van der Waals surface area contributed by atoms with Gasteiger partial charge < -0.3 is 15.5 Å².